The van der Waals surface area contributed by atoms with Crippen LogP contribution in [0.15, 0.2) is 60.7 Å². The van der Waals surface area contributed by atoms with E-state index in [1.165, 1.54) is 0 Å². The number of aliphatic hydroxyl groups is 1. The van der Waals surface area contributed by atoms with Crippen molar-refractivity contribution in [3.8, 4) is 5.75 Å². The normalized spacial score (nSPS) is 11.7. The van der Waals surface area contributed by atoms with Crippen molar-refractivity contribution in [3.05, 3.63) is 71.8 Å². The van der Waals surface area contributed by atoms with Crippen molar-refractivity contribution in [2.45, 2.75) is 25.9 Å². The average Bonchev–Trinajstić information content (AvgIpc) is 3.04. The van der Waals surface area contributed by atoms with Gasteiger partial charge in [-0.1, -0.05) is 24.3 Å². The minimum absolute atomic E-state index is 0.0851. The van der Waals surface area contributed by atoms with E-state index in [1.54, 1.807) is 33.1 Å². The summed E-state index contributed by atoms with van der Waals surface area (Å²) in [5, 5.41) is 15.2. The molecular weight excluding hydrogens is 364 g/mol. The molecule has 29 heavy (non-hydrogen) atoms. The predicted molar refractivity (Wildman–Crippen MR) is 116 cm³/mol. The van der Waals surface area contributed by atoms with E-state index in [0.717, 1.165) is 38.7 Å². The first kappa shape index (κ1) is 19.0. The van der Waals surface area contributed by atoms with Crippen LogP contribution in [-0.2, 0) is 16.8 Å². The molecule has 4 rings (SSSR count). The van der Waals surface area contributed by atoms with Crippen LogP contribution in [-0.4, -0.2) is 23.1 Å². The van der Waals surface area contributed by atoms with E-state index >= 15 is 0 Å². The number of ether oxygens (including phenoxy) is 1. The van der Waals surface area contributed by atoms with Gasteiger partial charge in [-0.05, 0) is 55.3 Å². The van der Waals surface area contributed by atoms with E-state index in [4.69, 9.17) is 4.74 Å². The van der Waals surface area contributed by atoms with Crippen molar-refractivity contribution >= 4 is 33.4 Å². The zero-order valence-electron chi connectivity index (χ0n) is 16.7. The van der Waals surface area contributed by atoms with Gasteiger partial charge in [0.2, 0.25) is 5.91 Å². The van der Waals surface area contributed by atoms with Crippen LogP contribution in [0.1, 0.15) is 25.0 Å². The number of fused-ring (bicyclic) bond motifs is 3. The van der Waals surface area contributed by atoms with Gasteiger partial charge in [0, 0.05) is 28.0 Å². The highest BCUT2D eigenvalue weighted by Gasteiger charge is 2.15. The molecule has 0 bridgehead atoms. The number of carbonyl (C=O) groups excluding carboxylic acids is 1. The van der Waals surface area contributed by atoms with Crippen LogP contribution >= 0.6 is 0 Å². The number of amides is 1. The highest BCUT2D eigenvalue weighted by atomic mass is 16.5. The van der Waals surface area contributed by atoms with Crippen LogP contribution in [0, 0.1) is 0 Å². The summed E-state index contributed by atoms with van der Waals surface area (Å²) >= 11 is 0. The van der Waals surface area contributed by atoms with Crippen molar-refractivity contribution in [1.82, 2.24) is 4.98 Å². The summed E-state index contributed by atoms with van der Waals surface area (Å²) < 4.78 is 5.29. The molecule has 0 radical (unpaired) electrons. The number of hydrogen-bond donors (Lipinski definition) is 3. The molecule has 0 unspecified atom stereocenters. The Balaban J connectivity index is 1.51. The molecule has 148 valence electrons. The molecule has 4 aromatic rings. The van der Waals surface area contributed by atoms with Gasteiger partial charge in [0.15, 0.2) is 0 Å². The summed E-state index contributed by atoms with van der Waals surface area (Å²) in [6, 6.07) is 19.2. The predicted octanol–water partition coefficient (Wildman–Crippen LogP) is 4.74. The number of rotatable bonds is 5. The van der Waals surface area contributed by atoms with Crippen molar-refractivity contribution in [3.63, 3.8) is 0 Å². The molecule has 0 aliphatic heterocycles. The third-order valence-corrected chi connectivity index (χ3v) is 5.11. The lowest BCUT2D eigenvalue weighted by Crippen LogP contribution is -2.16. The van der Waals surface area contributed by atoms with E-state index in [0.29, 0.717) is 5.69 Å². The van der Waals surface area contributed by atoms with Crippen LogP contribution in [0.5, 0.6) is 5.75 Å². The quantitative estimate of drug-likeness (QED) is 0.462. The van der Waals surface area contributed by atoms with E-state index in [2.05, 4.69) is 10.3 Å². The molecule has 0 aliphatic rings. The maximum atomic E-state index is 12.5. The molecule has 5 nitrogen and oxygen atoms in total. The largest absolute Gasteiger partial charge is 0.497 e. The molecule has 0 aliphatic carbocycles. The summed E-state index contributed by atoms with van der Waals surface area (Å²) in [4.78, 5) is 15.9. The number of hydrogen-bond acceptors (Lipinski definition) is 3. The molecule has 0 fully saturated rings. The second-order valence-corrected chi connectivity index (χ2v) is 7.78. The van der Waals surface area contributed by atoms with E-state index in [-0.39, 0.29) is 12.3 Å². The van der Waals surface area contributed by atoms with Gasteiger partial charge in [-0.15, -0.1) is 0 Å². The molecule has 1 heterocycles. The van der Waals surface area contributed by atoms with Gasteiger partial charge >= 0.3 is 0 Å². The van der Waals surface area contributed by atoms with Crippen LogP contribution in [0.4, 0.5) is 5.69 Å². The van der Waals surface area contributed by atoms with Crippen LogP contribution in [0.2, 0.25) is 0 Å². The van der Waals surface area contributed by atoms with Gasteiger partial charge in [0.05, 0.1) is 24.6 Å². The lowest BCUT2D eigenvalue weighted by Gasteiger charge is -2.18. The standard InChI is InChI=1S/C24H24N2O3/c1-24(2,28)16-5-7-17(8-6-16)25-23(27)13-15-4-10-19-20-11-9-18(29-3)14-22(20)26-21(19)12-15/h4-12,14,26,28H,13H2,1-3H3,(H,25,27). The number of methoxy groups -OCH3 is 1. The highest BCUT2D eigenvalue weighted by Crippen LogP contribution is 2.29. The lowest BCUT2D eigenvalue weighted by atomic mass is 9.98. The average molecular weight is 388 g/mol. The second-order valence-electron chi connectivity index (χ2n) is 7.78. The Bertz CT molecular complexity index is 1180. The number of H-pyrrole nitrogens is 1. The number of benzene rings is 3. The Kier molecular flexibility index (Phi) is 4.76. The van der Waals surface area contributed by atoms with E-state index in [9.17, 15) is 9.90 Å². The topological polar surface area (TPSA) is 74.4 Å². The monoisotopic (exact) mass is 388 g/mol. The first-order valence-electron chi connectivity index (χ1n) is 9.54. The number of aromatic nitrogens is 1. The van der Waals surface area contributed by atoms with Gasteiger partial charge in [-0.3, -0.25) is 4.79 Å². The maximum absolute atomic E-state index is 12.5. The molecule has 3 aromatic carbocycles. The number of aromatic amines is 1. The van der Waals surface area contributed by atoms with Gasteiger partial charge in [0.25, 0.3) is 0 Å². The molecule has 0 spiro atoms. The maximum Gasteiger partial charge on any atom is 0.228 e. The SMILES string of the molecule is COc1ccc2c(c1)[nH]c1cc(CC(=O)Nc3ccc(C(C)(C)O)cc3)ccc12. The molecule has 1 amide bonds. The lowest BCUT2D eigenvalue weighted by molar-refractivity contribution is -0.115. The smallest absolute Gasteiger partial charge is 0.228 e. The van der Waals surface area contributed by atoms with Crippen LogP contribution < -0.4 is 10.1 Å². The molecule has 0 atom stereocenters. The van der Waals surface area contributed by atoms with Gasteiger partial charge in [-0.25, -0.2) is 0 Å². The first-order chi connectivity index (χ1) is 13.8. The van der Waals surface area contributed by atoms with Crippen molar-refractivity contribution < 1.29 is 14.6 Å². The summed E-state index contributed by atoms with van der Waals surface area (Å²) in [5.74, 6) is 0.720. The van der Waals surface area contributed by atoms with E-state index in [1.807, 2.05) is 48.5 Å². The molecule has 0 saturated heterocycles. The summed E-state index contributed by atoms with van der Waals surface area (Å²) in [6.45, 7) is 3.47. The Labute approximate surface area is 169 Å². The fraction of sp³-hybridized carbons (Fsp3) is 0.208. The fourth-order valence-corrected chi connectivity index (χ4v) is 3.53. The number of carbonyl (C=O) groups is 1. The fourth-order valence-electron chi connectivity index (χ4n) is 3.53. The third kappa shape index (κ3) is 3.96. The Morgan fingerprint density at radius 1 is 1.00 bits per heavy atom. The zero-order chi connectivity index (χ0) is 20.6. The zero-order valence-corrected chi connectivity index (χ0v) is 16.7. The number of anilines is 1. The Morgan fingerprint density at radius 3 is 2.31 bits per heavy atom. The Morgan fingerprint density at radius 2 is 1.66 bits per heavy atom. The van der Waals surface area contributed by atoms with Crippen LogP contribution in [0.25, 0.3) is 21.8 Å². The van der Waals surface area contributed by atoms with E-state index < -0.39 is 5.60 Å². The van der Waals surface area contributed by atoms with Crippen molar-refractivity contribution in [1.29, 1.82) is 0 Å². The van der Waals surface area contributed by atoms with Gasteiger partial charge in [0.1, 0.15) is 5.75 Å². The summed E-state index contributed by atoms with van der Waals surface area (Å²) in [7, 11) is 1.65. The van der Waals surface area contributed by atoms with Gasteiger partial charge in [-0.2, -0.15) is 0 Å². The molecule has 3 N–H and O–H groups in total. The second kappa shape index (κ2) is 7.26. The minimum Gasteiger partial charge on any atom is -0.497 e. The third-order valence-electron chi connectivity index (χ3n) is 5.11. The van der Waals surface area contributed by atoms with Crippen molar-refractivity contribution in [2.24, 2.45) is 0 Å². The first-order valence-corrected chi connectivity index (χ1v) is 9.54. The molecule has 1 aromatic heterocycles. The Hall–Kier alpha value is -3.31. The highest BCUT2D eigenvalue weighted by molar-refractivity contribution is 6.08. The molecular formula is C24H24N2O3. The molecule has 5 heteroatoms. The minimum atomic E-state index is -0.901. The summed E-state index contributed by atoms with van der Waals surface area (Å²) in [5.41, 5.74) is 3.54. The number of nitrogens with one attached hydrogen (secondary N) is 2. The van der Waals surface area contributed by atoms with Crippen molar-refractivity contribution in [2.75, 3.05) is 12.4 Å². The molecule has 0 saturated carbocycles. The van der Waals surface area contributed by atoms with Crippen LogP contribution in [0.3, 0.4) is 0 Å². The van der Waals surface area contributed by atoms with Gasteiger partial charge < -0.3 is 20.1 Å². The summed E-state index contributed by atoms with van der Waals surface area (Å²) in [6.07, 6.45) is 0.280.